The van der Waals surface area contributed by atoms with Crippen LogP contribution in [0.5, 0.6) is 0 Å². The summed E-state index contributed by atoms with van der Waals surface area (Å²) in [6, 6.07) is 37.8. The fraction of sp³-hybridized carbons (Fsp3) is 0. The predicted octanol–water partition coefficient (Wildman–Crippen LogP) is 13.7. The number of rotatable bonds is 4. The minimum Gasteiger partial charge on any atom is -0.455 e. The van der Waals surface area contributed by atoms with E-state index in [9.17, 15) is 5.48 Å². The van der Waals surface area contributed by atoms with Gasteiger partial charge < -0.3 is 4.42 Å². The SMILES string of the molecule is [2H]c1c([2H])c([2H])c(-c2ccc(-c3c([2H])c([2H])c(-c4c5ccccc5c(-c5cccc6oc7c8ccccc8ccc7c56)c5ccccc45)c([2H])c3[2H])cc2)c([2H])c1[2H]. The van der Waals surface area contributed by atoms with Gasteiger partial charge in [-0.1, -0.05) is 170 Å². The molecule has 0 saturated carbocycles. The first kappa shape index (κ1) is 20.0. The lowest BCUT2D eigenvalue weighted by atomic mass is 9.84. The molecule has 1 nitrogen and oxygen atoms in total. The average Bonchev–Trinajstić information content (AvgIpc) is 3.65. The molecule has 0 atom stereocenters. The third-order valence-electron chi connectivity index (χ3n) is 9.43. The van der Waals surface area contributed by atoms with E-state index < -0.39 is 18.1 Å². The van der Waals surface area contributed by atoms with Crippen LogP contribution in [0.4, 0.5) is 0 Å². The van der Waals surface area contributed by atoms with Gasteiger partial charge in [0.2, 0.25) is 0 Å². The van der Waals surface area contributed by atoms with Crippen molar-refractivity contribution in [3.63, 3.8) is 0 Å². The standard InChI is InChI=1S/C48H30O/c1-2-11-31(12-3-1)32-21-23-33(24-22-32)34-25-27-36(28-26-34)45-38-15-6-8-17-40(38)46(41-18-9-7-16-39(41)45)42-19-10-20-44-47(42)43-30-29-35-13-4-5-14-37(35)48(43)49-44/h1-30H/i1D,2D,3D,11D,12D,25D,26D,27D,28D. The van der Waals surface area contributed by atoms with Crippen molar-refractivity contribution in [1.82, 2.24) is 0 Å². The van der Waals surface area contributed by atoms with Crippen LogP contribution in [-0.4, -0.2) is 0 Å². The van der Waals surface area contributed by atoms with Crippen molar-refractivity contribution in [2.24, 2.45) is 0 Å². The molecule has 0 fully saturated rings. The zero-order valence-corrected chi connectivity index (χ0v) is 26.0. The van der Waals surface area contributed by atoms with Crippen molar-refractivity contribution in [3.8, 4) is 44.5 Å². The number of benzene rings is 9. The maximum atomic E-state index is 9.46. The van der Waals surface area contributed by atoms with Crippen molar-refractivity contribution in [1.29, 1.82) is 0 Å². The zero-order chi connectivity index (χ0) is 40.1. The molecule has 0 bridgehead atoms. The van der Waals surface area contributed by atoms with Crippen LogP contribution in [0.2, 0.25) is 0 Å². The highest BCUT2D eigenvalue weighted by Gasteiger charge is 2.20. The molecule has 0 aliphatic heterocycles. The molecule has 0 spiro atoms. The van der Waals surface area contributed by atoms with E-state index in [1.54, 1.807) is 24.3 Å². The molecule has 228 valence electrons. The van der Waals surface area contributed by atoms with Crippen LogP contribution in [0.25, 0.3) is 98.8 Å². The molecule has 1 heterocycles. The summed E-state index contributed by atoms with van der Waals surface area (Å²) in [5.74, 6) is 0. The summed E-state index contributed by atoms with van der Waals surface area (Å²) in [6.07, 6.45) is 0. The Morgan fingerprint density at radius 2 is 0.918 bits per heavy atom. The van der Waals surface area contributed by atoms with Gasteiger partial charge in [-0.05, 0) is 83.6 Å². The lowest BCUT2D eigenvalue weighted by Gasteiger charge is -2.18. The molecular formula is C48H30O. The second-order valence-electron chi connectivity index (χ2n) is 12.1. The van der Waals surface area contributed by atoms with Gasteiger partial charge in [-0.15, -0.1) is 0 Å². The van der Waals surface area contributed by atoms with Crippen LogP contribution in [0.15, 0.2) is 186 Å². The Hall–Kier alpha value is -6.44. The van der Waals surface area contributed by atoms with Crippen molar-refractivity contribution in [2.45, 2.75) is 0 Å². The highest BCUT2D eigenvalue weighted by Crippen LogP contribution is 2.47. The van der Waals surface area contributed by atoms with E-state index in [1.165, 1.54) is 0 Å². The highest BCUT2D eigenvalue weighted by atomic mass is 16.3. The van der Waals surface area contributed by atoms with Gasteiger partial charge in [0.15, 0.2) is 0 Å². The summed E-state index contributed by atoms with van der Waals surface area (Å²) < 4.78 is 85.0. The first-order valence-corrected chi connectivity index (χ1v) is 16.1. The number of furan rings is 1. The van der Waals surface area contributed by atoms with E-state index in [0.29, 0.717) is 16.7 Å². The molecule has 10 aromatic rings. The maximum absolute atomic E-state index is 9.46. The van der Waals surface area contributed by atoms with Crippen LogP contribution in [-0.2, 0) is 0 Å². The Morgan fingerprint density at radius 3 is 1.57 bits per heavy atom. The topological polar surface area (TPSA) is 13.1 Å². The first-order chi connectivity index (χ1) is 28.1. The molecule has 0 saturated heterocycles. The molecule has 0 unspecified atom stereocenters. The molecule has 1 heteroatoms. The first-order valence-electron chi connectivity index (χ1n) is 20.6. The summed E-state index contributed by atoms with van der Waals surface area (Å²) >= 11 is 0. The molecule has 0 radical (unpaired) electrons. The van der Waals surface area contributed by atoms with Gasteiger partial charge in [0.1, 0.15) is 11.2 Å². The molecule has 0 amide bonds. The van der Waals surface area contributed by atoms with Gasteiger partial charge in [-0.2, -0.15) is 0 Å². The van der Waals surface area contributed by atoms with Crippen molar-refractivity contribution >= 4 is 54.3 Å². The maximum Gasteiger partial charge on any atom is 0.143 e. The normalized spacial score (nSPS) is 14.2. The fourth-order valence-corrected chi connectivity index (χ4v) is 7.23. The molecular weight excluding hydrogens is 593 g/mol. The minimum atomic E-state index is -0.480. The summed E-state index contributed by atoms with van der Waals surface area (Å²) in [7, 11) is 0. The molecule has 10 rings (SSSR count). The molecule has 0 N–H and O–H groups in total. The highest BCUT2D eigenvalue weighted by molar-refractivity contribution is 6.27. The van der Waals surface area contributed by atoms with Crippen LogP contribution < -0.4 is 0 Å². The van der Waals surface area contributed by atoms with Crippen LogP contribution in [0.3, 0.4) is 0 Å². The largest absolute Gasteiger partial charge is 0.455 e. The van der Waals surface area contributed by atoms with E-state index in [-0.39, 0.29) is 52.9 Å². The number of hydrogen-bond donors (Lipinski definition) is 0. The summed E-state index contributed by atoms with van der Waals surface area (Å²) in [6.45, 7) is 0. The Labute approximate surface area is 297 Å². The Bertz CT molecular complexity index is 3270. The Morgan fingerprint density at radius 1 is 0.367 bits per heavy atom. The van der Waals surface area contributed by atoms with E-state index in [1.807, 2.05) is 72.8 Å². The summed E-state index contributed by atoms with van der Waals surface area (Å²) in [5, 5.41) is 7.45. The quantitative estimate of drug-likeness (QED) is 0.176. The third-order valence-corrected chi connectivity index (χ3v) is 9.43. The number of hydrogen-bond acceptors (Lipinski definition) is 1. The smallest absolute Gasteiger partial charge is 0.143 e. The zero-order valence-electron chi connectivity index (χ0n) is 35.0. The van der Waals surface area contributed by atoms with E-state index >= 15 is 0 Å². The van der Waals surface area contributed by atoms with E-state index in [4.69, 9.17) is 11.3 Å². The van der Waals surface area contributed by atoms with Crippen molar-refractivity contribution in [2.75, 3.05) is 0 Å². The van der Waals surface area contributed by atoms with Crippen LogP contribution >= 0.6 is 0 Å². The summed E-state index contributed by atoms with van der Waals surface area (Å²) in [5.41, 5.74) is 5.24. The van der Waals surface area contributed by atoms with Crippen LogP contribution in [0, 0.1) is 0 Å². The van der Waals surface area contributed by atoms with Gasteiger partial charge in [-0.3, -0.25) is 0 Å². The monoisotopic (exact) mass is 631 g/mol. The van der Waals surface area contributed by atoms with Gasteiger partial charge in [-0.25, -0.2) is 0 Å². The minimum absolute atomic E-state index is 0.0420. The molecule has 1 aromatic heterocycles. The summed E-state index contributed by atoms with van der Waals surface area (Å²) in [4.78, 5) is 0. The third kappa shape index (κ3) is 4.40. The Kier molecular flexibility index (Phi) is 4.53. The Balaban J connectivity index is 1.19. The predicted molar refractivity (Wildman–Crippen MR) is 208 cm³/mol. The van der Waals surface area contributed by atoms with Crippen molar-refractivity contribution in [3.05, 3.63) is 182 Å². The molecule has 0 aliphatic rings. The van der Waals surface area contributed by atoms with Gasteiger partial charge >= 0.3 is 0 Å². The van der Waals surface area contributed by atoms with Gasteiger partial charge in [0.25, 0.3) is 0 Å². The molecule has 9 aromatic carbocycles. The lowest BCUT2D eigenvalue weighted by molar-refractivity contribution is 0.673. The second kappa shape index (κ2) is 11.1. The lowest BCUT2D eigenvalue weighted by Crippen LogP contribution is -1.91. The van der Waals surface area contributed by atoms with E-state index in [0.717, 1.165) is 65.4 Å². The molecule has 49 heavy (non-hydrogen) atoms. The molecule has 0 aliphatic carbocycles. The number of fused-ring (bicyclic) bond motifs is 7. The van der Waals surface area contributed by atoms with Crippen LogP contribution in [0.1, 0.15) is 12.3 Å². The van der Waals surface area contributed by atoms with Gasteiger partial charge in [0.05, 0.1) is 12.3 Å². The fourth-order valence-electron chi connectivity index (χ4n) is 7.23. The second-order valence-corrected chi connectivity index (χ2v) is 12.1. The average molecular weight is 632 g/mol. The van der Waals surface area contributed by atoms with Crippen molar-refractivity contribution < 1.29 is 16.8 Å². The van der Waals surface area contributed by atoms with Gasteiger partial charge in [0, 0.05) is 16.2 Å². The van der Waals surface area contributed by atoms with E-state index in [2.05, 4.69) is 30.3 Å².